The van der Waals surface area contributed by atoms with Crippen molar-refractivity contribution in [1.29, 1.82) is 0 Å². The first-order valence-electron chi connectivity index (χ1n) is 6.83. The molecular formula is C13H19ClN4. The molecule has 0 aromatic carbocycles. The van der Waals surface area contributed by atoms with Crippen molar-refractivity contribution in [3.8, 4) is 0 Å². The molecule has 3 rings (SSSR count). The number of anilines is 1. The molecule has 1 fully saturated rings. The summed E-state index contributed by atoms with van der Waals surface area (Å²) in [5.74, 6) is 1.78. The number of hydrogen-bond acceptors (Lipinski definition) is 4. The lowest BCUT2D eigenvalue weighted by molar-refractivity contribution is 0.333. The maximum absolute atomic E-state index is 6.02. The number of halogens is 1. The molecule has 0 spiro atoms. The van der Waals surface area contributed by atoms with Crippen LogP contribution in [0.25, 0.3) is 0 Å². The standard InChI is InChI=1S/C13H19ClN4/c14-13-17-11-5-7-15-6-4-10(11)12(18-13)16-8-9-2-1-3-9/h9,15H,1-8H2,(H,16,17,18). The minimum atomic E-state index is 0.367. The van der Waals surface area contributed by atoms with Gasteiger partial charge < -0.3 is 10.6 Å². The second-order valence-corrected chi connectivity index (χ2v) is 5.53. The zero-order valence-electron chi connectivity index (χ0n) is 10.5. The number of fused-ring (bicyclic) bond motifs is 1. The lowest BCUT2D eigenvalue weighted by Gasteiger charge is -2.26. The molecule has 2 N–H and O–H groups in total. The van der Waals surface area contributed by atoms with Crippen molar-refractivity contribution in [3.63, 3.8) is 0 Å². The quantitative estimate of drug-likeness (QED) is 0.822. The highest BCUT2D eigenvalue weighted by molar-refractivity contribution is 6.28. The molecular weight excluding hydrogens is 248 g/mol. The van der Waals surface area contributed by atoms with Gasteiger partial charge in [-0.3, -0.25) is 0 Å². The van der Waals surface area contributed by atoms with Gasteiger partial charge in [0.05, 0.1) is 5.69 Å². The Kier molecular flexibility index (Phi) is 3.66. The zero-order chi connectivity index (χ0) is 12.4. The molecule has 0 amide bonds. The highest BCUT2D eigenvalue weighted by atomic mass is 35.5. The van der Waals surface area contributed by atoms with Gasteiger partial charge in [0.25, 0.3) is 0 Å². The summed E-state index contributed by atoms with van der Waals surface area (Å²) in [4.78, 5) is 8.74. The molecule has 0 bridgehead atoms. The smallest absolute Gasteiger partial charge is 0.224 e. The summed E-state index contributed by atoms with van der Waals surface area (Å²) in [7, 11) is 0. The lowest BCUT2D eigenvalue weighted by atomic mass is 9.85. The fraction of sp³-hybridized carbons (Fsp3) is 0.692. The van der Waals surface area contributed by atoms with Gasteiger partial charge in [-0.05, 0) is 43.3 Å². The minimum Gasteiger partial charge on any atom is -0.369 e. The number of nitrogens with zero attached hydrogens (tertiary/aromatic N) is 2. The van der Waals surface area contributed by atoms with Crippen molar-refractivity contribution in [3.05, 3.63) is 16.5 Å². The van der Waals surface area contributed by atoms with Crippen LogP contribution in [0.15, 0.2) is 0 Å². The first-order chi connectivity index (χ1) is 8.83. The highest BCUT2D eigenvalue weighted by Gasteiger charge is 2.20. The van der Waals surface area contributed by atoms with Gasteiger partial charge in [0, 0.05) is 25.1 Å². The van der Waals surface area contributed by atoms with Crippen LogP contribution in [0.3, 0.4) is 0 Å². The van der Waals surface area contributed by atoms with Crippen molar-refractivity contribution >= 4 is 17.4 Å². The molecule has 1 saturated carbocycles. The summed E-state index contributed by atoms with van der Waals surface area (Å²) >= 11 is 6.02. The van der Waals surface area contributed by atoms with Crippen LogP contribution in [-0.2, 0) is 12.8 Å². The molecule has 0 radical (unpaired) electrons. The van der Waals surface area contributed by atoms with Crippen LogP contribution < -0.4 is 10.6 Å². The monoisotopic (exact) mass is 266 g/mol. The third-order valence-corrected chi connectivity index (χ3v) is 4.11. The van der Waals surface area contributed by atoms with Gasteiger partial charge in [-0.15, -0.1) is 0 Å². The van der Waals surface area contributed by atoms with Crippen molar-refractivity contribution < 1.29 is 0 Å². The second kappa shape index (κ2) is 5.41. The van der Waals surface area contributed by atoms with E-state index in [1.54, 1.807) is 0 Å². The Labute approximate surface area is 113 Å². The normalized spacial score (nSPS) is 19.8. The summed E-state index contributed by atoms with van der Waals surface area (Å²) in [6, 6.07) is 0. The van der Waals surface area contributed by atoms with Crippen LogP contribution in [0.2, 0.25) is 5.28 Å². The molecule has 2 heterocycles. The largest absolute Gasteiger partial charge is 0.369 e. The highest BCUT2D eigenvalue weighted by Crippen LogP contribution is 2.27. The van der Waals surface area contributed by atoms with Gasteiger partial charge in [-0.1, -0.05) is 6.42 Å². The Bertz CT molecular complexity index is 431. The van der Waals surface area contributed by atoms with Crippen molar-refractivity contribution in [1.82, 2.24) is 15.3 Å². The number of nitrogens with one attached hydrogen (secondary N) is 2. The summed E-state index contributed by atoms with van der Waals surface area (Å²) in [5, 5.41) is 7.24. The molecule has 1 aromatic rings. The van der Waals surface area contributed by atoms with E-state index in [1.807, 2.05) is 0 Å². The van der Waals surface area contributed by atoms with E-state index >= 15 is 0 Å². The van der Waals surface area contributed by atoms with E-state index in [2.05, 4.69) is 20.6 Å². The Morgan fingerprint density at radius 2 is 2.06 bits per heavy atom. The van der Waals surface area contributed by atoms with Crippen LogP contribution in [0, 0.1) is 5.92 Å². The molecule has 1 aromatic heterocycles. The maximum Gasteiger partial charge on any atom is 0.224 e. The molecule has 0 atom stereocenters. The van der Waals surface area contributed by atoms with E-state index in [1.165, 1.54) is 24.8 Å². The Balaban J connectivity index is 1.79. The summed E-state index contributed by atoms with van der Waals surface area (Å²) < 4.78 is 0. The predicted molar refractivity (Wildman–Crippen MR) is 73.2 cm³/mol. The Morgan fingerprint density at radius 1 is 1.22 bits per heavy atom. The Hall–Kier alpha value is -0.870. The number of aromatic nitrogens is 2. The van der Waals surface area contributed by atoms with Gasteiger partial charge >= 0.3 is 0 Å². The summed E-state index contributed by atoms with van der Waals surface area (Å²) in [6.45, 7) is 2.99. The van der Waals surface area contributed by atoms with E-state index < -0.39 is 0 Å². The Morgan fingerprint density at radius 3 is 2.83 bits per heavy atom. The molecule has 1 aliphatic carbocycles. The van der Waals surface area contributed by atoms with E-state index in [0.29, 0.717) is 5.28 Å². The molecule has 1 aliphatic heterocycles. The number of rotatable bonds is 3. The van der Waals surface area contributed by atoms with Gasteiger partial charge in [-0.2, -0.15) is 0 Å². The average molecular weight is 267 g/mol. The predicted octanol–water partition coefficient (Wildman–Crippen LogP) is 2.03. The van der Waals surface area contributed by atoms with Crippen molar-refractivity contribution in [2.75, 3.05) is 25.0 Å². The van der Waals surface area contributed by atoms with Crippen LogP contribution >= 0.6 is 11.6 Å². The van der Waals surface area contributed by atoms with Crippen LogP contribution in [0.1, 0.15) is 30.5 Å². The van der Waals surface area contributed by atoms with E-state index in [-0.39, 0.29) is 0 Å². The van der Waals surface area contributed by atoms with E-state index in [4.69, 9.17) is 11.6 Å². The van der Waals surface area contributed by atoms with Gasteiger partial charge in [-0.25, -0.2) is 9.97 Å². The third-order valence-electron chi connectivity index (χ3n) is 3.94. The van der Waals surface area contributed by atoms with Gasteiger partial charge in [0.2, 0.25) is 5.28 Å². The fourth-order valence-corrected chi connectivity index (χ4v) is 2.79. The van der Waals surface area contributed by atoms with Crippen LogP contribution in [0.4, 0.5) is 5.82 Å². The SMILES string of the molecule is Clc1nc2c(c(NCC3CCC3)n1)CCNCC2. The third kappa shape index (κ3) is 2.59. The topological polar surface area (TPSA) is 49.8 Å². The lowest BCUT2D eigenvalue weighted by Crippen LogP contribution is -2.22. The maximum atomic E-state index is 6.02. The fourth-order valence-electron chi connectivity index (χ4n) is 2.60. The van der Waals surface area contributed by atoms with Crippen LogP contribution in [0.5, 0.6) is 0 Å². The van der Waals surface area contributed by atoms with Gasteiger partial charge in [0.1, 0.15) is 5.82 Å². The molecule has 5 heteroatoms. The molecule has 98 valence electrons. The van der Waals surface area contributed by atoms with Crippen molar-refractivity contribution in [2.45, 2.75) is 32.1 Å². The van der Waals surface area contributed by atoms with Crippen molar-refractivity contribution in [2.24, 2.45) is 5.92 Å². The first kappa shape index (κ1) is 12.2. The second-order valence-electron chi connectivity index (χ2n) is 5.19. The first-order valence-corrected chi connectivity index (χ1v) is 7.20. The number of hydrogen-bond donors (Lipinski definition) is 2. The minimum absolute atomic E-state index is 0.367. The van der Waals surface area contributed by atoms with Gasteiger partial charge in [0.15, 0.2) is 0 Å². The van der Waals surface area contributed by atoms with Crippen LogP contribution in [-0.4, -0.2) is 29.6 Å². The average Bonchev–Trinajstić information content (AvgIpc) is 2.51. The molecule has 4 nitrogen and oxygen atoms in total. The molecule has 0 saturated heterocycles. The summed E-state index contributed by atoms with van der Waals surface area (Å²) in [6.07, 6.45) is 5.99. The molecule has 0 unspecified atom stereocenters. The van der Waals surface area contributed by atoms with E-state index in [0.717, 1.165) is 49.9 Å². The summed E-state index contributed by atoms with van der Waals surface area (Å²) in [5.41, 5.74) is 2.36. The van der Waals surface area contributed by atoms with E-state index in [9.17, 15) is 0 Å². The molecule has 2 aliphatic rings. The molecule has 18 heavy (non-hydrogen) atoms. The zero-order valence-corrected chi connectivity index (χ0v) is 11.3.